The van der Waals surface area contributed by atoms with Gasteiger partial charge in [-0.05, 0) is 68.1 Å². The summed E-state index contributed by atoms with van der Waals surface area (Å²) in [6, 6.07) is 8.05. The van der Waals surface area contributed by atoms with Crippen molar-refractivity contribution in [1.29, 1.82) is 0 Å². The fourth-order valence-electron chi connectivity index (χ4n) is 4.80. The summed E-state index contributed by atoms with van der Waals surface area (Å²) in [5.41, 5.74) is 1.70. The van der Waals surface area contributed by atoms with Crippen LogP contribution in [0.15, 0.2) is 24.3 Å². The van der Waals surface area contributed by atoms with Gasteiger partial charge in [-0.15, -0.1) is 0 Å². The number of likely N-dealkylation sites (tertiary alicyclic amines) is 2. The molecule has 1 aromatic rings. The average molecular weight is 369 g/mol. The zero-order chi connectivity index (χ0) is 19.0. The van der Waals surface area contributed by atoms with Gasteiger partial charge >= 0.3 is 0 Å². The van der Waals surface area contributed by atoms with Crippen molar-refractivity contribution < 1.29 is 9.59 Å². The molecule has 3 aliphatic rings. The molecule has 0 radical (unpaired) electrons. The molecule has 0 bridgehead atoms. The summed E-state index contributed by atoms with van der Waals surface area (Å²) in [6.45, 7) is 7.55. The van der Waals surface area contributed by atoms with E-state index >= 15 is 0 Å². The third kappa shape index (κ3) is 3.90. The van der Waals surface area contributed by atoms with Crippen LogP contribution in [0.1, 0.15) is 61.9 Å². The highest BCUT2D eigenvalue weighted by Gasteiger charge is 2.49. The van der Waals surface area contributed by atoms with Gasteiger partial charge in [0.15, 0.2) is 0 Å². The van der Waals surface area contributed by atoms with E-state index in [1.165, 1.54) is 18.4 Å². The summed E-state index contributed by atoms with van der Waals surface area (Å²) in [7, 11) is 0. The monoisotopic (exact) mass is 368 g/mol. The van der Waals surface area contributed by atoms with Gasteiger partial charge in [-0.3, -0.25) is 9.59 Å². The smallest absolute Gasteiger partial charge is 0.253 e. The third-order valence-corrected chi connectivity index (χ3v) is 6.49. The average Bonchev–Trinajstić information content (AvgIpc) is 3.36. The molecule has 4 heteroatoms. The van der Waals surface area contributed by atoms with Crippen molar-refractivity contribution in [1.82, 2.24) is 9.80 Å². The normalized spacial score (nSPS) is 25.7. The van der Waals surface area contributed by atoms with Crippen LogP contribution in [-0.2, 0) is 11.2 Å². The molecule has 2 saturated heterocycles. The standard InChI is InChI=1S/C23H32N2O2/c1-17(2)14-18-6-8-20(9-7-18)21(26)25-13-11-23(16-25)10-3-12-24(22(23)27)15-19-4-5-19/h6-9,17,19H,3-5,10-16H2,1-2H3. The van der Waals surface area contributed by atoms with Gasteiger partial charge in [-0.1, -0.05) is 26.0 Å². The van der Waals surface area contributed by atoms with Crippen LogP contribution in [0.5, 0.6) is 0 Å². The van der Waals surface area contributed by atoms with E-state index in [0.29, 0.717) is 24.9 Å². The number of rotatable bonds is 5. The van der Waals surface area contributed by atoms with Crippen molar-refractivity contribution >= 4 is 11.8 Å². The second-order valence-corrected chi connectivity index (χ2v) is 9.35. The lowest BCUT2D eigenvalue weighted by Gasteiger charge is -2.39. The maximum Gasteiger partial charge on any atom is 0.253 e. The molecule has 2 amide bonds. The van der Waals surface area contributed by atoms with E-state index in [1.807, 2.05) is 17.0 Å². The highest BCUT2D eigenvalue weighted by molar-refractivity contribution is 5.95. The van der Waals surface area contributed by atoms with Crippen LogP contribution in [0.4, 0.5) is 0 Å². The summed E-state index contributed by atoms with van der Waals surface area (Å²) in [4.78, 5) is 30.1. The number of hydrogen-bond acceptors (Lipinski definition) is 2. The molecule has 1 aliphatic carbocycles. The highest BCUT2D eigenvalue weighted by Crippen LogP contribution is 2.42. The third-order valence-electron chi connectivity index (χ3n) is 6.49. The molecule has 1 aromatic carbocycles. The van der Waals surface area contributed by atoms with Gasteiger partial charge in [-0.25, -0.2) is 0 Å². The van der Waals surface area contributed by atoms with Gasteiger partial charge < -0.3 is 9.80 Å². The van der Waals surface area contributed by atoms with Gasteiger partial charge in [0.1, 0.15) is 0 Å². The van der Waals surface area contributed by atoms with E-state index in [-0.39, 0.29) is 11.3 Å². The lowest BCUT2D eigenvalue weighted by atomic mass is 9.78. The molecule has 1 saturated carbocycles. The van der Waals surface area contributed by atoms with Crippen LogP contribution >= 0.6 is 0 Å². The van der Waals surface area contributed by atoms with E-state index in [1.54, 1.807) is 0 Å². The lowest BCUT2D eigenvalue weighted by molar-refractivity contribution is -0.145. The number of hydrogen-bond donors (Lipinski definition) is 0. The number of amides is 2. The Morgan fingerprint density at radius 2 is 1.89 bits per heavy atom. The molecular weight excluding hydrogens is 336 g/mol. The largest absolute Gasteiger partial charge is 0.342 e. The van der Waals surface area contributed by atoms with Crippen molar-refractivity contribution in [3.8, 4) is 0 Å². The van der Waals surface area contributed by atoms with Crippen LogP contribution in [0.3, 0.4) is 0 Å². The Labute approximate surface area is 162 Å². The topological polar surface area (TPSA) is 40.6 Å². The summed E-state index contributed by atoms with van der Waals surface area (Å²) in [6.07, 6.45) is 6.41. The van der Waals surface area contributed by atoms with Gasteiger partial charge in [0, 0.05) is 31.7 Å². The molecule has 27 heavy (non-hydrogen) atoms. The van der Waals surface area contributed by atoms with E-state index < -0.39 is 0 Å². The Morgan fingerprint density at radius 1 is 1.15 bits per heavy atom. The minimum Gasteiger partial charge on any atom is -0.342 e. The predicted octanol–water partition coefficient (Wildman–Crippen LogP) is 3.75. The van der Waals surface area contributed by atoms with Crippen LogP contribution in [0, 0.1) is 17.3 Å². The van der Waals surface area contributed by atoms with E-state index in [2.05, 4.69) is 30.9 Å². The molecule has 4 rings (SSSR count). The Hall–Kier alpha value is -1.84. The van der Waals surface area contributed by atoms with Gasteiger partial charge in [0.05, 0.1) is 5.41 Å². The molecular formula is C23H32N2O2. The molecule has 1 spiro atoms. The van der Waals surface area contributed by atoms with Gasteiger partial charge in [0.25, 0.3) is 5.91 Å². The predicted molar refractivity (Wildman–Crippen MR) is 106 cm³/mol. The summed E-state index contributed by atoms with van der Waals surface area (Å²) in [5.74, 6) is 1.73. The second kappa shape index (κ2) is 7.29. The molecule has 1 atom stereocenters. The first-order valence-corrected chi connectivity index (χ1v) is 10.6. The molecule has 2 aliphatic heterocycles. The van der Waals surface area contributed by atoms with Gasteiger partial charge in [-0.2, -0.15) is 0 Å². The fourth-order valence-corrected chi connectivity index (χ4v) is 4.80. The summed E-state index contributed by atoms with van der Waals surface area (Å²) in [5, 5.41) is 0. The number of nitrogens with zero attached hydrogens (tertiary/aromatic N) is 2. The van der Waals surface area contributed by atoms with Crippen LogP contribution in [0.2, 0.25) is 0 Å². The molecule has 3 fully saturated rings. The minimum absolute atomic E-state index is 0.0788. The fraction of sp³-hybridized carbons (Fsp3) is 0.652. The maximum absolute atomic E-state index is 13.2. The number of piperidine rings is 1. The van der Waals surface area contributed by atoms with Gasteiger partial charge in [0.2, 0.25) is 5.91 Å². The summed E-state index contributed by atoms with van der Waals surface area (Å²) >= 11 is 0. The van der Waals surface area contributed by atoms with E-state index in [0.717, 1.165) is 50.3 Å². The lowest BCUT2D eigenvalue weighted by Crippen LogP contribution is -2.50. The van der Waals surface area contributed by atoms with Crippen LogP contribution in [-0.4, -0.2) is 47.8 Å². The first-order chi connectivity index (χ1) is 13.0. The SMILES string of the molecule is CC(C)Cc1ccc(C(=O)N2CCC3(CCCN(CC4CC4)C3=O)C2)cc1. The van der Waals surface area contributed by atoms with Crippen molar-refractivity contribution in [2.75, 3.05) is 26.2 Å². The number of benzene rings is 1. The molecule has 146 valence electrons. The first-order valence-electron chi connectivity index (χ1n) is 10.6. The Kier molecular flexibility index (Phi) is 5.00. The summed E-state index contributed by atoms with van der Waals surface area (Å²) < 4.78 is 0. The van der Waals surface area contributed by atoms with Crippen molar-refractivity contribution in [3.63, 3.8) is 0 Å². The zero-order valence-electron chi connectivity index (χ0n) is 16.7. The zero-order valence-corrected chi connectivity index (χ0v) is 16.7. The Balaban J connectivity index is 1.42. The van der Waals surface area contributed by atoms with Crippen LogP contribution in [0.25, 0.3) is 0 Å². The quantitative estimate of drug-likeness (QED) is 0.794. The minimum atomic E-state index is -0.319. The second-order valence-electron chi connectivity index (χ2n) is 9.35. The van der Waals surface area contributed by atoms with Crippen LogP contribution < -0.4 is 0 Å². The maximum atomic E-state index is 13.2. The molecule has 4 nitrogen and oxygen atoms in total. The van der Waals surface area contributed by atoms with Crippen molar-refractivity contribution in [2.24, 2.45) is 17.3 Å². The molecule has 2 heterocycles. The first kappa shape index (κ1) is 18.5. The van der Waals surface area contributed by atoms with E-state index in [9.17, 15) is 9.59 Å². The van der Waals surface area contributed by atoms with E-state index in [4.69, 9.17) is 0 Å². The molecule has 0 aromatic heterocycles. The Morgan fingerprint density at radius 3 is 2.56 bits per heavy atom. The molecule has 1 unspecified atom stereocenters. The van der Waals surface area contributed by atoms with Crippen molar-refractivity contribution in [3.05, 3.63) is 35.4 Å². The highest BCUT2D eigenvalue weighted by atomic mass is 16.2. The number of carbonyl (C=O) groups is 2. The number of carbonyl (C=O) groups excluding carboxylic acids is 2. The Bertz CT molecular complexity index is 708. The molecule has 0 N–H and O–H groups in total. The van der Waals surface area contributed by atoms with Crippen molar-refractivity contribution in [2.45, 2.75) is 52.4 Å².